The van der Waals surface area contributed by atoms with Crippen molar-refractivity contribution in [2.75, 3.05) is 0 Å². The molecule has 0 saturated carbocycles. The Kier molecular flexibility index (Phi) is 3.24. The summed E-state index contributed by atoms with van der Waals surface area (Å²) in [6, 6.07) is 0. The Morgan fingerprint density at radius 2 is 2.14 bits per heavy atom. The standard InChI is InChI=1S/C4HClO2/c5-4(3-7)1-2-6/h1H/b4-1-. The minimum atomic E-state index is -0.255. The fourth-order valence-electron chi connectivity index (χ4n) is 0.0812. The molecular formula is C4HClO2. The molecule has 36 valence electrons. The number of halogens is 1. The minimum Gasteiger partial charge on any atom is -0.286 e. The average molecular weight is 117 g/mol. The minimum absolute atomic E-state index is 0.255. The van der Waals surface area contributed by atoms with Crippen LogP contribution in [0.4, 0.5) is 0 Å². The molecule has 0 aromatic carbocycles. The quantitative estimate of drug-likeness (QED) is 0.487. The second-order valence-corrected chi connectivity index (χ2v) is 1.12. The van der Waals surface area contributed by atoms with Gasteiger partial charge in [0.05, 0.1) is 5.03 Å². The zero-order valence-corrected chi connectivity index (χ0v) is 4.03. The van der Waals surface area contributed by atoms with E-state index in [2.05, 4.69) is 0 Å². The van der Waals surface area contributed by atoms with Gasteiger partial charge in [-0.15, -0.1) is 0 Å². The molecule has 7 heavy (non-hydrogen) atoms. The van der Waals surface area contributed by atoms with Crippen LogP contribution in [0.25, 0.3) is 0 Å². The average Bonchev–Trinajstić information content (AvgIpc) is 1.68. The first kappa shape index (κ1) is 6.37. The zero-order chi connectivity index (χ0) is 5.70. The second kappa shape index (κ2) is 3.56. The van der Waals surface area contributed by atoms with E-state index in [1.807, 2.05) is 0 Å². The Labute approximate surface area is 45.8 Å². The molecule has 0 atom stereocenters. The van der Waals surface area contributed by atoms with E-state index in [4.69, 9.17) is 11.6 Å². The van der Waals surface area contributed by atoms with Gasteiger partial charge in [0.2, 0.25) is 12.6 Å². The molecule has 0 aromatic heterocycles. The molecule has 0 heterocycles. The highest BCUT2D eigenvalue weighted by atomic mass is 35.5. The van der Waals surface area contributed by atoms with Gasteiger partial charge in [-0.05, 0) is 0 Å². The molecule has 0 N–H and O–H groups in total. The predicted molar refractivity (Wildman–Crippen MR) is 25.3 cm³/mol. The van der Waals surface area contributed by atoms with Crippen molar-refractivity contribution >= 4 is 24.2 Å². The molecule has 0 fully saturated rings. The lowest BCUT2D eigenvalue weighted by atomic mass is 10.6. The van der Waals surface area contributed by atoms with Crippen LogP contribution < -0.4 is 0 Å². The third-order valence-electron chi connectivity index (χ3n) is 0.283. The van der Waals surface area contributed by atoms with E-state index in [1.54, 1.807) is 0 Å². The van der Waals surface area contributed by atoms with Crippen molar-refractivity contribution in [1.82, 2.24) is 0 Å². The SMILES string of the molecule is O=[C]/C=C(\Cl)[C]=O. The smallest absolute Gasteiger partial charge is 0.245 e. The van der Waals surface area contributed by atoms with Crippen LogP contribution in [0, 0.1) is 0 Å². The summed E-state index contributed by atoms with van der Waals surface area (Å²) in [7, 11) is 0. The Morgan fingerprint density at radius 1 is 1.57 bits per heavy atom. The lowest BCUT2D eigenvalue weighted by Crippen LogP contribution is -1.70. The van der Waals surface area contributed by atoms with Crippen LogP contribution in [-0.2, 0) is 9.59 Å². The van der Waals surface area contributed by atoms with Gasteiger partial charge in [0.1, 0.15) is 0 Å². The first-order valence-electron chi connectivity index (χ1n) is 1.42. The Morgan fingerprint density at radius 3 is 2.29 bits per heavy atom. The molecule has 0 aliphatic carbocycles. The van der Waals surface area contributed by atoms with Crippen molar-refractivity contribution in [2.24, 2.45) is 0 Å². The first-order valence-corrected chi connectivity index (χ1v) is 1.80. The van der Waals surface area contributed by atoms with Crippen molar-refractivity contribution in [2.45, 2.75) is 0 Å². The number of rotatable bonds is 2. The zero-order valence-electron chi connectivity index (χ0n) is 3.27. The third kappa shape index (κ3) is 3.19. The van der Waals surface area contributed by atoms with Gasteiger partial charge < -0.3 is 0 Å². The molecule has 2 radical (unpaired) electrons. The fourth-order valence-corrected chi connectivity index (χ4v) is 0.126. The van der Waals surface area contributed by atoms with Gasteiger partial charge in [0.25, 0.3) is 0 Å². The van der Waals surface area contributed by atoms with E-state index in [-0.39, 0.29) is 5.03 Å². The highest BCUT2D eigenvalue weighted by molar-refractivity contribution is 6.39. The number of hydrogen-bond donors (Lipinski definition) is 0. The Hall–Kier alpha value is -0.630. The molecule has 0 spiro atoms. The molecule has 3 heteroatoms. The molecule has 0 unspecified atom stereocenters. The molecule has 2 nitrogen and oxygen atoms in total. The van der Waals surface area contributed by atoms with Gasteiger partial charge in [-0.3, -0.25) is 9.59 Å². The van der Waals surface area contributed by atoms with Crippen molar-refractivity contribution in [3.63, 3.8) is 0 Å². The molecule has 0 saturated heterocycles. The largest absolute Gasteiger partial charge is 0.286 e. The maximum Gasteiger partial charge on any atom is 0.245 e. The predicted octanol–water partition coefficient (Wildman–Crippen LogP) is 0.329. The van der Waals surface area contributed by atoms with Crippen LogP contribution in [0.1, 0.15) is 0 Å². The van der Waals surface area contributed by atoms with Gasteiger partial charge in [0, 0.05) is 6.08 Å². The summed E-state index contributed by atoms with van der Waals surface area (Å²) in [5.74, 6) is 0. The number of hydrogen-bond acceptors (Lipinski definition) is 2. The van der Waals surface area contributed by atoms with Gasteiger partial charge in [-0.2, -0.15) is 0 Å². The summed E-state index contributed by atoms with van der Waals surface area (Å²) in [4.78, 5) is 18.7. The molecule has 0 rings (SSSR count). The van der Waals surface area contributed by atoms with Crippen molar-refractivity contribution in [1.29, 1.82) is 0 Å². The summed E-state index contributed by atoms with van der Waals surface area (Å²) in [5, 5.41) is -0.255. The summed E-state index contributed by atoms with van der Waals surface area (Å²) in [6.07, 6.45) is 3.39. The van der Waals surface area contributed by atoms with E-state index in [9.17, 15) is 9.59 Å². The van der Waals surface area contributed by atoms with Gasteiger partial charge in [-0.1, -0.05) is 11.6 Å². The monoisotopic (exact) mass is 116 g/mol. The number of allylic oxidation sites excluding steroid dienone is 2. The fraction of sp³-hybridized carbons (Fsp3) is 0. The second-order valence-electron chi connectivity index (χ2n) is 0.712. The van der Waals surface area contributed by atoms with Crippen LogP contribution >= 0.6 is 11.6 Å². The third-order valence-corrected chi connectivity index (χ3v) is 0.469. The van der Waals surface area contributed by atoms with Crippen molar-refractivity contribution < 1.29 is 9.59 Å². The maximum atomic E-state index is 9.39. The van der Waals surface area contributed by atoms with Crippen LogP contribution in [-0.4, -0.2) is 12.6 Å². The van der Waals surface area contributed by atoms with Crippen LogP contribution in [0.3, 0.4) is 0 Å². The van der Waals surface area contributed by atoms with E-state index in [0.717, 1.165) is 6.08 Å². The van der Waals surface area contributed by atoms with Gasteiger partial charge in [0.15, 0.2) is 0 Å². The number of carbonyl (C=O) groups excluding carboxylic acids is 2. The van der Waals surface area contributed by atoms with Crippen molar-refractivity contribution in [3.8, 4) is 0 Å². The van der Waals surface area contributed by atoms with Gasteiger partial charge in [-0.25, -0.2) is 0 Å². The molecule has 0 aromatic rings. The molecule has 0 aliphatic heterocycles. The Bertz CT molecular complexity index is 106. The van der Waals surface area contributed by atoms with Crippen LogP contribution in [0.15, 0.2) is 11.1 Å². The van der Waals surface area contributed by atoms with Crippen molar-refractivity contribution in [3.05, 3.63) is 11.1 Å². The Balaban J connectivity index is 3.72. The summed E-state index contributed by atoms with van der Waals surface area (Å²) in [6.45, 7) is 0. The summed E-state index contributed by atoms with van der Waals surface area (Å²) in [5.41, 5.74) is 0. The van der Waals surface area contributed by atoms with E-state index in [0.29, 0.717) is 0 Å². The van der Waals surface area contributed by atoms with Crippen LogP contribution in [0.2, 0.25) is 0 Å². The highest BCUT2D eigenvalue weighted by Crippen LogP contribution is 1.91. The van der Waals surface area contributed by atoms with E-state index < -0.39 is 0 Å². The first-order chi connectivity index (χ1) is 3.31. The highest BCUT2D eigenvalue weighted by Gasteiger charge is 1.83. The normalized spacial score (nSPS) is 10.7. The van der Waals surface area contributed by atoms with Gasteiger partial charge >= 0.3 is 0 Å². The molecule has 0 aliphatic rings. The maximum absolute atomic E-state index is 9.39. The molecular weight excluding hydrogens is 115 g/mol. The van der Waals surface area contributed by atoms with E-state index in [1.165, 1.54) is 12.6 Å². The lowest BCUT2D eigenvalue weighted by Gasteiger charge is -1.67. The topological polar surface area (TPSA) is 34.1 Å². The molecule has 0 amide bonds. The van der Waals surface area contributed by atoms with E-state index >= 15 is 0 Å². The lowest BCUT2D eigenvalue weighted by molar-refractivity contribution is 0.560. The molecule has 0 bridgehead atoms. The summed E-state index contributed by atoms with van der Waals surface area (Å²) >= 11 is 4.94. The van der Waals surface area contributed by atoms with Crippen LogP contribution in [0.5, 0.6) is 0 Å². The summed E-state index contributed by atoms with van der Waals surface area (Å²) < 4.78 is 0.